The van der Waals surface area contributed by atoms with Gasteiger partial charge in [-0.3, -0.25) is 14.9 Å². The van der Waals surface area contributed by atoms with Crippen molar-refractivity contribution in [1.29, 1.82) is 0 Å². The van der Waals surface area contributed by atoms with Gasteiger partial charge in [-0.1, -0.05) is 6.07 Å². The summed E-state index contributed by atoms with van der Waals surface area (Å²) in [6, 6.07) is 5.80. The standard InChI is InChI=1S/C10H8N4O4/c1-7(15)18-10-6-11-13(12-10)8-3-2-4-9(5-8)14(16)17/h2-6H,1H3. The molecule has 1 aromatic heterocycles. The van der Waals surface area contributed by atoms with E-state index < -0.39 is 10.9 Å². The number of aromatic nitrogens is 3. The first kappa shape index (κ1) is 11.7. The highest BCUT2D eigenvalue weighted by Crippen LogP contribution is 2.16. The second-order valence-corrected chi connectivity index (χ2v) is 3.34. The van der Waals surface area contributed by atoms with Crippen molar-refractivity contribution >= 4 is 11.7 Å². The molecule has 0 aliphatic rings. The maximum Gasteiger partial charge on any atom is 0.309 e. The van der Waals surface area contributed by atoms with E-state index in [0.717, 1.165) is 4.80 Å². The molecule has 0 radical (unpaired) electrons. The number of rotatable bonds is 3. The highest BCUT2D eigenvalue weighted by Gasteiger charge is 2.10. The summed E-state index contributed by atoms with van der Waals surface area (Å²) in [7, 11) is 0. The van der Waals surface area contributed by atoms with Crippen LogP contribution in [-0.2, 0) is 4.79 Å². The van der Waals surface area contributed by atoms with Crippen LogP contribution in [0.1, 0.15) is 6.92 Å². The van der Waals surface area contributed by atoms with Crippen molar-refractivity contribution in [2.45, 2.75) is 6.92 Å². The fraction of sp³-hybridized carbons (Fsp3) is 0.100. The average Bonchev–Trinajstić information content (AvgIpc) is 2.77. The van der Waals surface area contributed by atoms with Crippen LogP contribution >= 0.6 is 0 Å². The predicted octanol–water partition coefficient (Wildman–Crippen LogP) is 1.10. The first-order valence-corrected chi connectivity index (χ1v) is 4.92. The maximum atomic E-state index is 10.7. The van der Waals surface area contributed by atoms with Gasteiger partial charge in [0.15, 0.2) is 0 Å². The molecule has 0 spiro atoms. The van der Waals surface area contributed by atoms with E-state index in [-0.39, 0.29) is 11.6 Å². The molecule has 0 unspecified atom stereocenters. The molecular weight excluding hydrogens is 240 g/mol. The van der Waals surface area contributed by atoms with Gasteiger partial charge in [0.1, 0.15) is 6.20 Å². The van der Waals surface area contributed by atoms with Crippen LogP contribution in [0, 0.1) is 10.1 Å². The summed E-state index contributed by atoms with van der Waals surface area (Å²) in [5.41, 5.74) is 0.335. The minimum Gasteiger partial charge on any atom is -0.404 e. The van der Waals surface area contributed by atoms with Crippen LogP contribution < -0.4 is 4.74 Å². The number of non-ortho nitro benzene ring substituents is 1. The van der Waals surface area contributed by atoms with E-state index in [1.54, 1.807) is 6.07 Å². The minimum absolute atomic E-state index is 0.0361. The van der Waals surface area contributed by atoms with Crippen LogP contribution in [0.25, 0.3) is 5.69 Å². The summed E-state index contributed by atoms with van der Waals surface area (Å²) in [4.78, 5) is 22.0. The molecule has 0 saturated carbocycles. The van der Waals surface area contributed by atoms with E-state index in [1.165, 1.54) is 31.3 Å². The fourth-order valence-electron chi connectivity index (χ4n) is 1.30. The first-order chi connectivity index (χ1) is 8.56. The van der Waals surface area contributed by atoms with Crippen molar-refractivity contribution in [3.63, 3.8) is 0 Å². The Bertz CT molecular complexity index is 607. The zero-order valence-corrected chi connectivity index (χ0v) is 9.31. The monoisotopic (exact) mass is 248 g/mol. The van der Waals surface area contributed by atoms with Crippen molar-refractivity contribution in [2.24, 2.45) is 0 Å². The van der Waals surface area contributed by atoms with Gasteiger partial charge >= 0.3 is 5.97 Å². The van der Waals surface area contributed by atoms with Crippen molar-refractivity contribution in [3.05, 3.63) is 40.6 Å². The summed E-state index contributed by atoms with van der Waals surface area (Å²) in [5, 5.41) is 18.3. The molecule has 8 heteroatoms. The average molecular weight is 248 g/mol. The number of ether oxygens (including phenoxy) is 1. The Kier molecular flexibility index (Phi) is 3.00. The number of hydrogen-bond donors (Lipinski definition) is 0. The fourth-order valence-corrected chi connectivity index (χ4v) is 1.30. The highest BCUT2D eigenvalue weighted by molar-refractivity contribution is 5.68. The molecule has 0 fully saturated rings. The molecule has 8 nitrogen and oxygen atoms in total. The Morgan fingerprint density at radius 1 is 1.50 bits per heavy atom. The van der Waals surface area contributed by atoms with Gasteiger partial charge in [0, 0.05) is 19.1 Å². The summed E-state index contributed by atoms with van der Waals surface area (Å²) in [5.74, 6) is -0.477. The molecule has 92 valence electrons. The smallest absolute Gasteiger partial charge is 0.309 e. The van der Waals surface area contributed by atoms with Gasteiger partial charge in [0.2, 0.25) is 0 Å². The third kappa shape index (κ3) is 2.48. The number of nitrogens with zero attached hydrogens (tertiary/aromatic N) is 4. The molecule has 18 heavy (non-hydrogen) atoms. The quantitative estimate of drug-likeness (QED) is 0.458. The number of carbonyl (C=O) groups is 1. The molecular formula is C10H8N4O4. The summed E-state index contributed by atoms with van der Waals surface area (Å²) >= 11 is 0. The number of nitro benzene ring substituents is 1. The van der Waals surface area contributed by atoms with E-state index in [4.69, 9.17) is 4.74 Å². The normalized spacial score (nSPS) is 10.1. The molecule has 1 heterocycles. The lowest BCUT2D eigenvalue weighted by atomic mass is 10.3. The molecule has 0 aliphatic heterocycles. The lowest BCUT2D eigenvalue weighted by Gasteiger charge is -1.98. The third-order valence-electron chi connectivity index (χ3n) is 1.99. The van der Waals surface area contributed by atoms with Gasteiger partial charge in [-0.2, -0.15) is 5.10 Å². The van der Waals surface area contributed by atoms with Crippen molar-refractivity contribution in [3.8, 4) is 11.6 Å². The van der Waals surface area contributed by atoms with Crippen LogP contribution in [0.3, 0.4) is 0 Å². The Morgan fingerprint density at radius 3 is 2.94 bits per heavy atom. The van der Waals surface area contributed by atoms with Gasteiger partial charge in [-0.05, 0) is 6.07 Å². The van der Waals surface area contributed by atoms with Crippen LogP contribution in [-0.4, -0.2) is 25.9 Å². The van der Waals surface area contributed by atoms with Crippen LogP contribution in [0.5, 0.6) is 5.88 Å². The Morgan fingerprint density at radius 2 is 2.28 bits per heavy atom. The Hall–Kier alpha value is -2.77. The minimum atomic E-state index is -0.514. The molecule has 0 aliphatic carbocycles. The van der Waals surface area contributed by atoms with E-state index in [0.29, 0.717) is 5.69 Å². The number of nitro groups is 1. The lowest BCUT2D eigenvalue weighted by Crippen LogP contribution is -2.03. The van der Waals surface area contributed by atoms with Crippen molar-refractivity contribution in [2.75, 3.05) is 0 Å². The summed E-state index contributed by atoms with van der Waals surface area (Å²) in [6.45, 7) is 1.24. The zero-order valence-electron chi connectivity index (χ0n) is 9.31. The van der Waals surface area contributed by atoms with E-state index in [1.807, 2.05) is 0 Å². The number of esters is 1. The molecule has 0 saturated heterocycles. The lowest BCUT2D eigenvalue weighted by molar-refractivity contribution is -0.384. The predicted molar refractivity (Wildman–Crippen MR) is 59.3 cm³/mol. The molecule has 2 aromatic rings. The van der Waals surface area contributed by atoms with Crippen molar-refractivity contribution in [1.82, 2.24) is 15.0 Å². The van der Waals surface area contributed by atoms with Crippen LogP contribution in [0.4, 0.5) is 5.69 Å². The topological polar surface area (TPSA) is 100 Å². The molecule has 0 N–H and O–H groups in total. The summed E-state index contributed by atoms with van der Waals surface area (Å²) < 4.78 is 4.73. The van der Waals surface area contributed by atoms with Gasteiger partial charge in [-0.15, -0.1) is 9.90 Å². The van der Waals surface area contributed by atoms with Crippen LogP contribution in [0.15, 0.2) is 30.5 Å². The highest BCUT2D eigenvalue weighted by atomic mass is 16.6. The SMILES string of the molecule is CC(=O)Oc1cnn(-c2cccc([N+](=O)[O-])c2)n1. The maximum absolute atomic E-state index is 10.7. The number of carbonyl (C=O) groups excluding carboxylic acids is 1. The summed E-state index contributed by atoms with van der Waals surface area (Å²) in [6.07, 6.45) is 1.25. The van der Waals surface area contributed by atoms with Crippen molar-refractivity contribution < 1.29 is 14.5 Å². The Balaban J connectivity index is 2.31. The zero-order chi connectivity index (χ0) is 13.1. The van der Waals surface area contributed by atoms with E-state index in [2.05, 4.69) is 10.2 Å². The molecule has 1 aromatic carbocycles. The molecule has 0 amide bonds. The van der Waals surface area contributed by atoms with Gasteiger partial charge < -0.3 is 4.74 Å². The van der Waals surface area contributed by atoms with E-state index in [9.17, 15) is 14.9 Å². The Labute approximate surface area is 101 Å². The number of hydrogen-bond acceptors (Lipinski definition) is 6. The van der Waals surface area contributed by atoms with E-state index >= 15 is 0 Å². The van der Waals surface area contributed by atoms with Gasteiger partial charge in [0.25, 0.3) is 11.6 Å². The third-order valence-corrected chi connectivity index (χ3v) is 1.99. The largest absolute Gasteiger partial charge is 0.404 e. The second kappa shape index (κ2) is 4.62. The molecule has 0 atom stereocenters. The molecule has 2 rings (SSSR count). The number of benzene rings is 1. The van der Waals surface area contributed by atoms with Crippen LogP contribution in [0.2, 0.25) is 0 Å². The van der Waals surface area contributed by atoms with Gasteiger partial charge in [0.05, 0.1) is 10.6 Å². The second-order valence-electron chi connectivity index (χ2n) is 3.34. The van der Waals surface area contributed by atoms with Gasteiger partial charge in [-0.25, -0.2) is 0 Å². The molecule has 0 bridgehead atoms. The first-order valence-electron chi connectivity index (χ1n) is 4.92.